The van der Waals surface area contributed by atoms with Crippen molar-refractivity contribution in [3.05, 3.63) is 88.7 Å². The van der Waals surface area contributed by atoms with Crippen LogP contribution in [0.3, 0.4) is 0 Å². The van der Waals surface area contributed by atoms with Crippen LogP contribution >= 0.6 is 0 Å². The summed E-state index contributed by atoms with van der Waals surface area (Å²) < 4.78 is 7.69. The van der Waals surface area contributed by atoms with Crippen LogP contribution in [0.2, 0.25) is 0 Å². The highest BCUT2D eigenvalue weighted by molar-refractivity contribution is 5.65. The van der Waals surface area contributed by atoms with Crippen molar-refractivity contribution in [1.29, 1.82) is 0 Å². The molecule has 2 aromatic carbocycles. The Kier molecular flexibility index (Phi) is 5.47. The Hall–Kier alpha value is -3.25. The smallest absolute Gasteiger partial charge is 0.289 e. The molecule has 3 aromatic rings. The average molecular weight is 364 g/mol. The average Bonchev–Trinajstić information content (AvgIpc) is 2.69. The topological polar surface area (TPSA) is 59.5 Å². The van der Waals surface area contributed by atoms with Gasteiger partial charge in [-0.05, 0) is 35.4 Å². The summed E-state index contributed by atoms with van der Waals surface area (Å²) in [5.74, 6) is 0. The highest BCUT2D eigenvalue weighted by atomic mass is 16.6. The number of nitrogens with zero attached hydrogens (tertiary/aromatic N) is 3. The van der Waals surface area contributed by atoms with Crippen LogP contribution in [0.4, 0.5) is 11.4 Å². The lowest BCUT2D eigenvalue weighted by atomic mass is 10.0. The largest absolute Gasteiger partial charge is 0.377 e. The molecule has 0 amide bonds. The van der Waals surface area contributed by atoms with E-state index in [-0.39, 0.29) is 11.9 Å². The van der Waals surface area contributed by atoms with Crippen molar-refractivity contribution >= 4 is 11.4 Å². The molecule has 0 aliphatic rings. The van der Waals surface area contributed by atoms with E-state index in [2.05, 4.69) is 0 Å². The fraction of sp³-hybridized carbons (Fsp3) is 0.190. The van der Waals surface area contributed by atoms with Crippen molar-refractivity contribution < 1.29 is 14.2 Å². The first-order valence-corrected chi connectivity index (χ1v) is 8.55. The molecule has 1 aromatic heterocycles. The Morgan fingerprint density at radius 1 is 0.926 bits per heavy atom. The molecule has 0 N–H and O–H groups in total. The number of benzene rings is 2. The fourth-order valence-electron chi connectivity index (χ4n) is 2.93. The van der Waals surface area contributed by atoms with E-state index in [1.54, 1.807) is 19.2 Å². The van der Waals surface area contributed by atoms with Crippen LogP contribution in [0.15, 0.2) is 73.1 Å². The zero-order chi connectivity index (χ0) is 19.4. The molecule has 1 heterocycles. The molecule has 0 saturated carbocycles. The number of aromatic nitrogens is 1. The summed E-state index contributed by atoms with van der Waals surface area (Å²) in [5.41, 5.74) is 4.16. The number of anilines is 1. The summed E-state index contributed by atoms with van der Waals surface area (Å²) in [7, 11) is 5.69. The number of methoxy groups -OCH3 is 1. The number of nitro groups is 1. The van der Waals surface area contributed by atoms with Crippen LogP contribution in [0.1, 0.15) is 11.8 Å². The SMILES string of the molecule is COC(c1ccc(-c2ccc([N+](=O)[O-])cc2)cc1)[n+]1ccc(N(C)C)cc1. The number of rotatable bonds is 6. The number of hydrogen-bond donors (Lipinski definition) is 0. The van der Waals surface area contributed by atoms with Gasteiger partial charge < -0.3 is 9.64 Å². The van der Waals surface area contributed by atoms with Gasteiger partial charge in [0.25, 0.3) is 11.9 Å². The first-order chi connectivity index (χ1) is 13.0. The van der Waals surface area contributed by atoms with Crippen LogP contribution in [0.25, 0.3) is 11.1 Å². The zero-order valence-corrected chi connectivity index (χ0v) is 15.6. The van der Waals surface area contributed by atoms with E-state index >= 15 is 0 Å². The van der Waals surface area contributed by atoms with Crippen molar-refractivity contribution in [3.63, 3.8) is 0 Å². The minimum Gasteiger partial charge on any atom is -0.377 e. The Labute approximate surface area is 158 Å². The lowest BCUT2D eigenvalue weighted by Gasteiger charge is -2.14. The lowest BCUT2D eigenvalue weighted by molar-refractivity contribution is -0.750. The van der Waals surface area contributed by atoms with Crippen LogP contribution in [-0.2, 0) is 4.74 Å². The molecule has 6 heteroatoms. The molecule has 0 bridgehead atoms. The number of hydrogen-bond acceptors (Lipinski definition) is 4. The molecule has 0 fully saturated rings. The van der Waals surface area contributed by atoms with E-state index in [0.29, 0.717) is 0 Å². The van der Waals surface area contributed by atoms with Crippen LogP contribution < -0.4 is 9.47 Å². The molecule has 0 aliphatic carbocycles. The summed E-state index contributed by atoms with van der Waals surface area (Å²) in [5, 5.41) is 10.8. The van der Waals surface area contributed by atoms with Gasteiger partial charge in [-0.1, -0.05) is 12.1 Å². The van der Waals surface area contributed by atoms with Crippen LogP contribution in [0, 0.1) is 10.1 Å². The van der Waals surface area contributed by atoms with Crippen molar-refractivity contribution in [2.75, 3.05) is 26.1 Å². The summed E-state index contributed by atoms with van der Waals surface area (Å²) in [6.07, 6.45) is 3.76. The van der Waals surface area contributed by atoms with E-state index in [1.807, 2.05) is 72.4 Å². The van der Waals surface area contributed by atoms with Crippen molar-refractivity contribution in [3.8, 4) is 11.1 Å². The number of ether oxygens (including phenoxy) is 1. The second-order valence-corrected chi connectivity index (χ2v) is 6.41. The van der Waals surface area contributed by atoms with Gasteiger partial charge in [0.1, 0.15) is 0 Å². The maximum absolute atomic E-state index is 10.8. The number of pyridine rings is 1. The molecular formula is C21H22N3O3+. The molecule has 0 radical (unpaired) electrons. The van der Waals surface area contributed by atoms with Crippen molar-refractivity contribution in [1.82, 2.24) is 0 Å². The summed E-state index contributed by atoms with van der Waals surface area (Å²) >= 11 is 0. The molecule has 1 atom stereocenters. The predicted octanol–water partition coefficient (Wildman–Crippen LogP) is 3.81. The quantitative estimate of drug-likeness (QED) is 0.379. The number of nitro benzene ring substituents is 1. The molecule has 0 aliphatic heterocycles. The lowest BCUT2D eigenvalue weighted by Crippen LogP contribution is -2.40. The first kappa shape index (κ1) is 18.5. The van der Waals surface area contributed by atoms with Gasteiger partial charge in [0.15, 0.2) is 12.4 Å². The van der Waals surface area contributed by atoms with Crippen LogP contribution in [-0.4, -0.2) is 26.1 Å². The molecule has 3 rings (SSSR count). The zero-order valence-electron chi connectivity index (χ0n) is 15.6. The Bertz CT molecular complexity index is 905. The Balaban J connectivity index is 1.83. The standard InChI is InChI=1S/C21H22N3O3/c1-22(2)19-12-14-23(15-13-19)21(27-3)18-6-4-16(5-7-18)17-8-10-20(11-9-17)24(25)26/h4-15,21H,1-3H3/q+1. The molecule has 6 nitrogen and oxygen atoms in total. The van der Waals surface area contributed by atoms with Gasteiger partial charge in [-0.25, -0.2) is 0 Å². The van der Waals surface area contributed by atoms with Gasteiger partial charge in [-0.15, -0.1) is 0 Å². The summed E-state index contributed by atoms with van der Waals surface area (Å²) in [6.45, 7) is 0. The van der Waals surface area contributed by atoms with Crippen molar-refractivity contribution in [2.45, 2.75) is 6.23 Å². The Morgan fingerprint density at radius 2 is 1.44 bits per heavy atom. The highest BCUT2D eigenvalue weighted by Crippen LogP contribution is 2.24. The van der Waals surface area contributed by atoms with E-state index in [0.717, 1.165) is 22.4 Å². The molecule has 1 unspecified atom stereocenters. The molecule has 0 saturated heterocycles. The van der Waals surface area contributed by atoms with Gasteiger partial charge >= 0.3 is 0 Å². The van der Waals surface area contributed by atoms with Crippen molar-refractivity contribution in [2.24, 2.45) is 0 Å². The maximum atomic E-state index is 10.8. The van der Waals surface area contributed by atoms with E-state index < -0.39 is 4.92 Å². The Morgan fingerprint density at radius 3 is 1.89 bits per heavy atom. The normalized spacial score (nSPS) is 11.8. The maximum Gasteiger partial charge on any atom is 0.289 e. The first-order valence-electron chi connectivity index (χ1n) is 8.55. The minimum absolute atomic E-state index is 0.0902. The molecule has 27 heavy (non-hydrogen) atoms. The van der Waals surface area contributed by atoms with E-state index in [9.17, 15) is 10.1 Å². The van der Waals surface area contributed by atoms with Gasteiger partial charge in [0.2, 0.25) is 0 Å². The molecule has 138 valence electrons. The number of non-ortho nitro benzene ring substituents is 1. The summed E-state index contributed by atoms with van der Waals surface area (Å²) in [6, 6.07) is 18.6. The predicted molar refractivity (Wildman–Crippen MR) is 105 cm³/mol. The fourth-order valence-corrected chi connectivity index (χ4v) is 2.93. The third kappa shape index (κ3) is 4.12. The molecule has 0 spiro atoms. The van der Waals surface area contributed by atoms with Gasteiger partial charge in [-0.3, -0.25) is 10.1 Å². The molecular weight excluding hydrogens is 342 g/mol. The minimum atomic E-state index is -0.394. The second-order valence-electron chi connectivity index (χ2n) is 6.41. The van der Waals surface area contributed by atoms with E-state index in [1.165, 1.54) is 12.1 Å². The summed E-state index contributed by atoms with van der Waals surface area (Å²) in [4.78, 5) is 12.4. The monoisotopic (exact) mass is 364 g/mol. The van der Waals surface area contributed by atoms with Gasteiger partial charge in [-0.2, -0.15) is 4.57 Å². The third-order valence-electron chi connectivity index (χ3n) is 4.45. The van der Waals surface area contributed by atoms with Crippen LogP contribution in [0.5, 0.6) is 0 Å². The van der Waals surface area contributed by atoms with Gasteiger partial charge in [0.05, 0.1) is 4.92 Å². The highest BCUT2D eigenvalue weighted by Gasteiger charge is 2.20. The second kappa shape index (κ2) is 7.97. The van der Waals surface area contributed by atoms with E-state index in [4.69, 9.17) is 4.74 Å². The third-order valence-corrected chi connectivity index (χ3v) is 4.45. The van der Waals surface area contributed by atoms with Gasteiger partial charge in [0, 0.05) is 56.7 Å².